The minimum Gasteiger partial charge on any atom is -0.548 e. The van der Waals surface area contributed by atoms with Crippen molar-refractivity contribution in [2.75, 3.05) is 19.7 Å². The monoisotopic (exact) mass is 405 g/mol. The number of carbonyl (C=O) groups excluding carboxylic acids is 3. The van der Waals surface area contributed by atoms with Gasteiger partial charge in [0.05, 0.1) is 18.6 Å². The highest BCUT2D eigenvalue weighted by atomic mass is 19.1. The molecule has 0 N–H and O–H groups in total. The quantitative estimate of drug-likeness (QED) is 0.753. The molecule has 1 atom stereocenters. The maximum Gasteiger partial charge on any atom is 0.256 e. The molecule has 2 amide bonds. The molecule has 1 spiro atoms. The van der Waals surface area contributed by atoms with E-state index in [1.54, 1.807) is 4.90 Å². The predicted molar refractivity (Wildman–Crippen MR) is 99.9 cm³/mol. The molecule has 8 heteroatoms. The van der Waals surface area contributed by atoms with Crippen molar-refractivity contribution in [2.24, 2.45) is 5.41 Å². The molecule has 2 aliphatic heterocycles. The molecule has 2 aliphatic rings. The number of carboxylic acid groups (broad SMARTS) is 1. The van der Waals surface area contributed by atoms with Crippen molar-refractivity contribution >= 4 is 17.8 Å². The second-order valence-electron chi connectivity index (χ2n) is 8.89. The number of amides is 2. The number of hydrogen-bond donors (Lipinski definition) is 0. The maximum atomic E-state index is 13.2. The summed E-state index contributed by atoms with van der Waals surface area (Å²) in [7, 11) is 0. The summed E-state index contributed by atoms with van der Waals surface area (Å²) < 4.78 is 19.1. The van der Waals surface area contributed by atoms with Crippen LogP contribution in [0.4, 0.5) is 4.39 Å². The van der Waals surface area contributed by atoms with Gasteiger partial charge in [0.2, 0.25) is 5.91 Å². The van der Waals surface area contributed by atoms with E-state index < -0.39 is 29.5 Å². The highest BCUT2D eigenvalue weighted by Crippen LogP contribution is 2.38. The number of hydrogen-bond acceptors (Lipinski definition) is 5. The minimum atomic E-state index is -1.40. The fraction of sp³-hybridized carbons (Fsp3) is 0.571. The number of carboxylic acids is 1. The van der Waals surface area contributed by atoms with Crippen molar-refractivity contribution < 1.29 is 28.6 Å². The van der Waals surface area contributed by atoms with Crippen molar-refractivity contribution in [3.63, 3.8) is 0 Å². The van der Waals surface area contributed by atoms with E-state index in [1.165, 1.54) is 17.0 Å². The Morgan fingerprint density at radius 3 is 2.28 bits per heavy atom. The lowest BCUT2D eigenvalue weighted by Crippen LogP contribution is -2.60. The predicted octanol–water partition coefficient (Wildman–Crippen LogP) is 1.17. The van der Waals surface area contributed by atoms with Gasteiger partial charge in [-0.15, -0.1) is 0 Å². The molecule has 158 valence electrons. The molecule has 0 saturated carbocycles. The smallest absolute Gasteiger partial charge is 0.256 e. The van der Waals surface area contributed by atoms with E-state index in [1.807, 2.05) is 20.8 Å². The van der Waals surface area contributed by atoms with E-state index in [2.05, 4.69) is 0 Å². The van der Waals surface area contributed by atoms with Crippen molar-refractivity contribution in [3.8, 4) is 0 Å². The molecule has 0 bridgehead atoms. The third-order valence-corrected chi connectivity index (χ3v) is 5.42. The molecule has 0 radical (unpaired) electrons. The summed E-state index contributed by atoms with van der Waals surface area (Å²) in [6.45, 7) is 6.52. The molecule has 2 fully saturated rings. The van der Waals surface area contributed by atoms with Crippen LogP contribution in [-0.4, -0.2) is 59.0 Å². The largest absolute Gasteiger partial charge is 0.548 e. The summed E-state index contributed by atoms with van der Waals surface area (Å²) in [6.07, 6.45) is 1.01. The summed E-state index contributed by atoms with van der Waals surface area (Å²) >= 11 is 0. The number of benzene rings is 1. The van der Waals surface area contributed by atoms with Gasteiger partial charge < -0.3 is 19.5 Å². The van der Waals surface area contributed by atoms with Crippen LogP contribution in [0.2, 0.25) is 0 Å². The van der Waals surface area contributed by atoms with Gasteiger partial charge in [-0.05, 0) is 29.7 Å². The SMILES string of the molecule is CC(C)(C)CC(=O)N1CCC2(CC1)OC[C@@H](C(=O)[O-])N2C(=O)c1ccc(F)cc1. The Hall–Kier alpha value is -2.48. The first kappa shape index (κ1) is 21.2. The average Bonchev–Trinajstić information content (AvgIpc) is 3.00. The second kappa shape index (κ2) is 7.74. The molecule has 2 heterocycles. The van der Waals surface area contributed by atoms with Gasteiger partial charge in [0, 0.05) is 37.9 Å². The summed E-state index contributed by atoms with van der Waals surface area (Å²) in [4.78, 5) is 40.2. The number of nitrogens with zero attached hydrogens (tertiary/aromatic N) is 2. The normalized spacial score (nSPS) is 21.4. The molecule has 2 saturated heterocycles. The summed E-state index contributed by atoms with van der Waals surface area (Å²) in [5.74, 6) is -2.41. The van der Waals surface area contributed by atoms with Gasteiger partial charge in [-0.1, -0.05) is 20.8 Å². The van der Waals surface area contributed by atoms with Gasteiger partial charge in [-0.2, -0.15) is 0 Å². The molecule has 0 aliphatic carbocycles. The van der Waals surface area contributed by atoms with Crippen molar-refractivity contribution in [2.45, 2.75) is 51.8 Å². The number of piperidine rings is 1. The van der Waals surface area contributed by atoms with Crippen LogP contribution in [-0.2, 0) is 14.3 Å². The first-order valence-corrected chi connectivity index (χ1v) is 9.74. The van der Waals surface area contributed by atoms with Crippen LogP contribution in [0, 0.1) is 11.2 Å². The van der Waals surface area contributed by atoms with E-state index in [9.17, 15) is 23.9 Å². The van der Waals surface area contributed by atoms with Gasteiger partial charge in [-0.3, -0.25) is 14.5 Å². The lowest BCUT2D eigenvalue weighted by atomic mass is 9.90. The number of halogens is 1. The fourth-order valence-electron chi connectivity index (χ4n) is 3.95. The molecule has 0 aromatic heterocycles. The van der Waals surface area contributed by atoms with E-state index >= 15 is 0 Å². The second-order valence-corrected chi connectivity index (χ2v) is 8.89. The third kappa shape index (κ3) is 4.42. The number of ether oxygens (including phenoxy) is 1. The standard InChI is InChI=1S/C21H27FN2O5/c1-20(2,3)12-17(25)23-10-8-21(9-11-23)24(16(13-29-21)19(27)28)18(26)14-4-6-15(22)7-5-14/h4-7,16H,8-13H2,1-3H3,(H,27,28)/p-1/t16-/m0/s1. The zero-order valence-electron chi connectivity index (χ0n) is 16.9. The summed E-state index contributed by atoms with van der Waals surface area (Å²) in [5, 5.41) is 11.6. The van der Waals surface area contributed by atoms with Crippen LogP contribution in [0.15, 0.2) is 24.3 Å². The van der Waals surface area contributed by atoms with Crippen LogP contribution in [0.25, 0.3) is 0 Å². The number of aliphatic carboxylic acids is 1. The number of carbonyl (C=O) groups is 3. The van der Waals surface area contributed by atoms with Crippen LogP contribution in [0.1, 0.15) is 50.4 Å². The van der Waals surface area contributed by atoms with Gasteiger partial charge in [0.1, 0.15) is 11.5 Å². The molecule has 0 unspecified atom stereocenters. The minimum absolute atomic E-state index is 0.0261. The number of likely N-dealkylation sites (tertiary alicyclic amines) is 1. The lowest BCUT2D eigenvalue weighted by Gasteiger charge is -2.45. The highest BCUT2D eigenvalue weighted by molar-refractivity contribution is 5.97. The fourth-order valence-corrected chi connectivity index (χ4v) is 3.95. The van der Waals surface area contributed by atoms with Crippen molar-refractivity contribution in [1.82, 2.24) is 9.80 Å². The van der Waals surface area contributed by atoms with Crippen LogP contribution in [0.3, 0.4) is 0 Å². The zero-order valence-corrected chi connectivity index (χ0v) is 16.9. The van der Waals surface area contributed by atoms with Crippen LogP contribution in [0.5, 0.6) is 0 Å². The first-order chi connectivity index (χ1) is 13.5. The molecule has 3 rings (SSSR count). The third-order valence-electron chi connectivity index (χ3n) is 5.42. The molecule has 1 aromatic rings. The van der Waals surface area contributed by atoms with E-state index in [-0.39, 0.29) is 23.5 Å². The Balaban J connectivity index is 1.80. The van der Waals surface area contributed by atoms with Gasteiger partial charge in [0.15, 0.2) is 0 Å². The van der Waals surface area contributed by atoms with Gasteiger partial charge >= 0.3 is 0 Å². The summed E-state index contributed by atoms with van der Waals surface area (Å²) in [6, 6.07) is 3.71. The zero-order chi connectivity index (χ0) is 21.4. The molecular formula is C21H26FN2O5-. The van der Waals surface area contributed by atoms with Gasteiger partial charge in [0.25, 0.3) is 5.91 Å². The van der Waals surface area contributed by atoms with Crippen LogP contribution >= 0.6 is 0 Å². The van der Waals surface area contributed by atoms with Crippen molar-refractivity contribution in [3.05, 3.63) is 35.6 Å². The maximum absolute atomic E-state index is 13.2. The molecule has 29 heavy (non-hydrogen) atoms. The first-order valence-electron chi connectivity index (χ1n) is 9.74. The van der Waals surface area contributed by atoms with E-state index in [0.29, 0.717) is 32.4 Å². The molecule has 1 aromatic carbocycles. The average molecular weight is 405 g/mol. The Kier molecular flexibility index (Phi) is 5.67. The summed E-state index contributed by atoms with van der Waals surface area (Å²) in [5.41, 5.74) is -1.08. The van der Waals surface area contributed by atoms with E-state index in [4.69, 9.17) is 4.74 Å². The topological polar surface area (TPSA) is 90.0 Å². The van der Waals surface area contributed by atoms with Crippen molar-refractivity contribution in [1.29, 1.82) is 0 Å². The Bertz CT molecular complexity index is 794. The van der Waals surface area contributed by atoms with E-state index in [0.717, 1.165) is 12.1 Å². The Morgan fingerprint density at radius 1 is 1.17 bits per heavy atom. The highest BCUT2D eigenvalue weighted by Gasteiger charge is 2.52. The molecule has 7 nitrogen and oxygen atoms in total. The number of rotatable bonds is 3. The lowest BCUT2D eigenvalue weighted by molar-refractivity contribution is -0.310. The Morgan fingerprint density at radius 2 is 1.76 bits per heavy atom. The van der Waals surface area contributed by atoms with Gasteiger partial charge in [-0.25, -0.2) is 4.39 Å². The molecular weight excluding hydrogens is 379 g/mol. The van der Waals surface area contributed by atoms with Crippen LogP contribution < -0.4 is 5.11 Å². The Labute approximate surface area is 169 Å².